The van der Waals surface area contributed by atoms with Crippen LogP contribution in [0.2, 0.25) is 0 Å². The molecule has 5 heteroatoms. The third kappa shape index (κ3) is 3.20. The highest BCUT2D eigenvalue weighted by atomic mass is 19.1. The van der Waals surface area contributed by atoms with Crippen LogP contribution >= 0.6 is 0 Å². The Morgan fingerprint density at radius 1 is 1.38 bits per heavy atom. The zero-order valence-electron chi connectivity index (χ0n) is 14.6. The van der Waals surface area contributed by atoms with Crippen molar-refractivity contribution in [1.82, 2.24) is 9.80 Å². The van der Waals surface area contributed by atoms with Crippen molar-refractivity contribution >= 4 is 5.91 Å². The van der Waals surface area contributed by atoms with Crippen LogP contribution in [0.3, 0.4) is 0 Å². The highest BCUT2D eigenvalue weighted by Gasteiger charge is 2.47. The Morgan fingerprint density at radius 2 is 2.17 bits per heavy atom. The second kappa shape index (κ2) is 6.81. The van der Waals surface area contributed by atoms with Gasteiger partial charge >= 0.3 is 0 Å². The van der Waals surface area contributed by atoms with Gasteiger partial charge in [-0.3, -0.25) is 4.79 Å². The number of amides is 1. The quantitative estimate of drug-likeness (QED) is 0.919. The molecule has 24 heavy (non-hydrogen) atoms. The molecule has 0 saturated carbocycles. The number of aliphatic hydroxyl groups is 1. The summed E-state index contributed by atoms with van der Waals surface area (Å²) < 4.78 is 13.4. The van der Waals surface area contributed by atoms with E-state index in [0.29, 0.717) is 13.1 Å². The fourth-order valence-corrected chi connectivity index (χ4v) is 4.35. The van der Waals surface area contributed by atoms with Crippen LogP contribution in [0, 0.1) is 18.2 Å². The summed E-state index contributed by atoms with van der Waals surface area (Å²) in [5, 5.41) is 9.95. The van der Waals surface area contributed by atoms with Crippen LogP contribution in [0.25, 0.3) is 0 Å². The molecule has 2 aliphatic rings. The number of carbonyl (C=O) groups excluding carboxylic acids is 1. The summed E-state index contributed by atoms with van der Waals surface area (Å²) in [4.78, 5) is 16.9. The minimum atomic E-state index is -0.298. The molecular formula is C19H27FN2O2. The van der Waals surface area contributed by atoms with Gasteiger partial charge in [0.1, 0.15) is 5.82 Å². The van der Waals surface area contributed by atoms with Crippen LogP contribution in [-0.2, 0) is 11.2 Å². The standard InChI is InChI=1S/C19H27FN2O2/c1-14-4-5-16(20)10-15(14)11-18(24)22-9-7-19(13-23)6-3-8-21(2)17(19)12-22/h4-5,10,17,23H,3,6-9,11-13H2,1-2H3/t17-,19-/m1/s1. The molecule has 0 radical (unpaired) electrons. The number of aliphatic hydroxyl groups excluding tert-OH is 1. The highest BCUT2D eigenvalue weighted by Crippen LogP contribution is 2.41. The van der Waals surface area contributed by atoms with Gasteiger partial charge in [0.2, 0.25) is 5.91 Å². The molecule has 1 N–H and O–H groups in total. The Balaban J connectivity index is 1.72. The van der Waals surface area contributed by atoms with Crippen LogP contribution in [0.4, 0.5) is 4.39 Å². The average Bonchev–Trinajstić information content (AvgIpc) is 2.58. The SMILES string of the molecule is Cc1ccc(F)cc1CC(=O)N1CC[C@@]2(CO)CCCN(C)[C@@H]2C1. The lowest BCUT2D eigenvalue weighted by atomic mass is 9.69. The van der Waals surface area contributed by atoms with Crippen LogP contribution in [0.5, 0.6) is 0 Å². The largest absolute Gasteiger partial charge is 0.396 e. The van der Waals surface area contributed by atoms with Gasteiger partial charge in [-0.15, -0.1) is 0 Å². The molecule has 4 nitrogen and oxygen atoms in total. The number of fused-ring (bicyclic) bond motifs is 1. The molecule has 0 aliphatic carbocycles. The molecule has 2 atom stereocenters. The van der Waals surface area contributed by atoms with Crippen molar-refractivity contribution < 1.29 is 14.3 Å². The zero-order valence-corrected chi connectivity index (χ0v) is 14.6. The number of nitrogens with zero attached hydrogens (tertiary/aromatic N) is 2. The first-order chi connectivity index (χ1) is 11.4. The first-order valence-corrected chi connectivity index (χ1v) is 8.79. The smallest absolute Gasteiger partial charge is 0.227 e. The summed E-state index contributed by atoms with van der Waals surface area (Å²) >= 11 is 0. The number of hydrogen-bond donors (Lipinski definition) is 1. The van der Waals surface area contributed by atoms with Gasteiger partial charge in [0.25, 0.3) is 0 Å². The number of piperidine rings is 2. The second-order valence-electron chi connectivity index (χ2n) is 7.46. The molecule has 2 heterocycles. The average molecular weight is 334 g/mol. The van der Waals surface area contributed by atoms with E-state index in [-0.39, 0.29) is 36.2 Å². The molecular weight excluding hydrogens is 307 g/mol. The lowest BCUT2D eigenvalue weighted by molar-refractivity contribution is -0.139. The predicted octanol–water partition coefficient (Wildman–Crippen LogP) is 1.98. The van der Waals surface area contributed by atoms with Crippen LogP contribution in [0.1, 0.15) is 30.4 Å². The number of benzene rings is 1. The third-order valence-corrected chi connectivity index (χ3v) is 6.02. The van der Waals surface area contributed by atoms with Crippen LogP contribution < -0.4 is 0 Å². The van der Waals surface area contributed by atoms with Gasteiger partial charge in [0.05, 0.1) is 13.0 Å². The maximum Gasteiger partial charge on any atom is 0.227 e. The summed E-state index contributed by atoms with van der Waals surface area (Å²) in [5.74, 6) is -0.248. The Labute approximate surface area is 143 Å². The topological polar surface area (TPSA) is 43.8 Å². The maximum absolute atomic E-state index is 13.4. The normalized spacial score (nSPS) is 27.8. The number of halogens is 1. The minimum absolute atomic E-state index is 0.0502. The first-order valence-electron chi connectivity index (χ1n) is 8.79. The Hall–Kier alpha value is -1.46. The molecule has 132 valence electrons. The van der Waals surface area contributed by atoms with Crippen molar-refractivity contribution in [2.24, 2.45) is 5.41 Å². The van der Waals surface area contributed by atoms with Gasteiger partial charge in [-0.2, -0.15) is 0 Å². The summed E-state index contributed by atoms with van der Waals surface area (Å²) in [6.45, 7) is 4.44. The van der Waals surface area contributed by atoms with Crippen LogP contribution in [-0.4, -0.2) is 60.1 Å². The van der Waals surface area contributed by atoms with E-state index in [1.54, 1.807) is 6.07 Å². The third-order valence-electron chi connectivity index (χ3n) is 6.02. The van der Waals surface area contributed by atoms with Crippen LogP contribution in [0.15, 0.2) is 18.2 Å². The summed E-state index contributed by atoms with van der Waals surface area (Å²) in [5.41, 5.74) is 1.63. The molecule has 2 fully saturated rings. The fraction of sp³-hybridized carbons (Fsp3) is 0.632. The van der Waals surface area contributed by atoms with Gasteiger partial charge in [-0.25, -0.2) is 4.39 Å². The van der Waals surface area contributed by atoms with Crippen molar-refractivity contribution in [1.29, 1.82) is 0 Å². The fourth-order valence-electron chi connectivity index (χ4n) is 4.35. The second-order valence-corrected chi connectivity index (χ2v) is 7.46. The Bertz CT molecular complexity index is 621. The predicted molar refractivity (Wildman–Crippen MR) is 91.2 cm³/mol. The Kier molecular flexibility index (Phi) is 4.92. The zero-order chi connectivity index (χ0) is 17.3. The van der Waals surface area contributed by atoms with E-state index in [1.165, 1.54) is 12.1 Å². The van der Waals surface area contributed by atoms with Gasteiger partial charge in [-0.1, -0.05) is 6.07 Å². The van der Waals surface area contributed by atoms with Gasteiger partial charge in [0.15, 0.2) is 0 Å². The molecule has 0 bridgehead atoms. The number of likely N-dealkylation sites (tertiary alicyclic amines) is 2. The van der Waals surface area contributed by atoms with Crippen molar-refractivity contribution in [2.75, 3.05) is 33.3 Å². The van der Waals surface area contributed by atoms with Crippen molar-refractivity contribution in [2.45, 2.75) is 38.6 Å². The summed E-state index contributed by atoms with van der Waals surface area (Å²) in [6, 6.07) is 4.82. The number of likely N-dealkylation sites (N-methyl/N-ethyl adjacent to an activating group) is 1. The lowest BCUT2D eigenvalue weighted by Gasteiger charge is -2.53. The Morgan fingerprint density at radius 3 is 2.92 bits per heavy atom. The molecule has 1 aromatic carbocycles. The van der Waals surface area contributed by atoms with E-state index in [9.17, 15) is 14.3 Å². The van der Waals surface area contributed by atoms with Gasteiger partial charge in [-0.05, 0) is 63.0 Å². The molecule has 0 unspecified atom stereocenters. The summed E-state index contributed by atoms with van der Waals surface area (Å²) in [7, 11) is 2.08. The molecule has 1 amide bonds. The van der Waals surface area contributed by atoms with Crippen molar-refractivity contribution in [3.8, 4) is 0 Å². The number of hydrogen-bond acceptors (Lipinski definition) is 3. The number of carbonyl (C=O) groups is 1. The minimum Gasteiger partial charge on any atom is -0.396 e. The van der Waals surface area contributed by atoms with Gasteiger partial charge < -0.3 is 14.9 Å². The molecule has 3 rings (SSSR count). The molecule has 0 aromatic heterocycles. The molecule has 2 aliphatic heterocycles. The molecule has 0 spiro atoms. The maximum atomic E-state index is 13.4. The van der Waals surface area contributed by atoms with E-state index in [0.717, 1.165) is 36.9 Å². The molecule has 2 saturated heterocycles. The van der Waals surface area contributed by atoms with E-state index in [1.807, 2.05) is 11.8 Å². The highest BCUT2D eigenvalue weighted by molar-refractivity contribution is 5.79. The van der Waals surface area contributed by atoms with E-state index in [4.69, 9.17) is 0 Å². The first kappa shape index (κ1) is 17.4. The van der Waals surface area contributed by atoms with E-state index in [2.05, 4.69) is 11.9 Å². The van der Waals surface area contributed by atoms with Crippen molar-refractivity contribution in [3.63, 3.8) is 0 Å². The van der Waals surface area contributed by atoms with E-state index < -0.39 is 0 Å². The number of rotatable bonds is 3. The lowest BCUT2D eigenvalue weighted by Crippen LogP contribution is -2.62. The monoisotopic (exact) mass is 334 g/mol. The number of aryl methyl sites for hydroxylation is 1. The van der Waals surface area contributed by atoms with E-state index >= 15 is 0 Å². The summed E-state index contributed by atoms with van der Waals surface area (Å²) in [6.07, 6.45) is 3.21. The molecule has 1 aromatic rings. The van der Waals surface area contributed by atoms with Gasteiger partial charge in [0, 0.05) is 24.5 Å². The van der Waals surface area contributed by atoms with Crippen molar-refractivity contribution in [3.05, 3.63) is 35.1 Å².